The number of hydrogen-bond acceptors (Lipinski definition) is 5. The van der Waals surface area contributed by atoms with Crippen LogP contribution in [0, 0.1) is 11.6 Å². The standard InChI is InChI=1S/C15H13F2NO5S/c1-22-11-7-8-12(14(17)13(11)16)23-10-5-3-9(4-6-10)15(19)18-24(2,20)21/h3-8H,1-2H3,(H,18,19). The second-order valence-corrected chi connectivity index (χ2v) is 6.47. The van der Waals surface area contributed by atoms with Crippen molar-refractivity contribution in [2.45, 2.75) is 0 Å². The van der Waals surface area contributed by atoms with Crippen molar-refractivity contribution in [1.82, 2.24) is 4.72 Å². The number of sulfonamides is 1. The Morgan fingerprint density at radius 2 is 1.54 bits per heavy atom. The molecule has 9 heteroatoms. The molecule has 0 spiro atoms. The summed E-state index contributed by atoms with van der Waals surface area (Å²) >= 11 is 0. The first-order chi connectivity index (χ1) is 11.2. The number of hydrogen-bond donors (Lipinski definition) is 1. The highest BCUT2D eigenvalue weighted by molar-refractivity contribution is 7.89. The fourth-order valence-electron chi connectivity index (χ4n) is 1.78. The minimum atomic E-state index is -3.68. The molecule has 0 aliphatic carbocycles. The molecule has 0 atom stereocenters. The summed E-state index contributed by atoms with van der Waals surface area (Å²) in [7, 11) is -2.47. The first-order valence-corrected chi connectivity index (χ1v) is 8.42. The molecule has 0 heterocycles. The molecule has 0 aliphatic heterocycles. The van der Waals surface area contributed by atoms with Crippen LogP contribution in [0.2, 0.25) is 0 Å². The molecular formula is C15H13F2NO5S. The maximum absolute atomic E-state index is 13.8. The van der Waals surface area contributed by atoms with Gasteiger partial charge in [0, 0.05) is 5.56 Å². The van der Waals surface area contributed by atoms with E-state index in [-0.39, 0.29) is 22.8 Å². The van der Waals surface area contributed by atoms with Gasteiger partial charge in [-0.3, -0.25) is 4.79 Å². The van der Waals surface area contributed by atoms with E-state index in [1.54, 1.807) is 4.72 Å². The summed E-state index contributed by atoms with van der Waals surface area (Å²) in [5.74, 6) is -3.69. The molecule has 6 nitrogen and oxygen atoms in total. The lowest BCUT2D eigenvalue weighted by molar-refractivity contribution is 0.0981. The number of halogens is 2. The van der Waals surface area contributed by atoms with Crippen molar-refractivity contribution >= 4 is 15.9 Å². The van der Waals surface area contributed by atoms with Gasteiger partial charge in [0.1, 0.15) is 5.75 Å². The van der Waals surface area contributed by atoms with Gasteiger partial charge in [-0.05, 0) is 36.4 Å². The third-order valence-electron chi connectivity index (χ3n) is 2.85. The van der Waals surface area contributed by atoms with Gasteiger partial charge in [-0.1, -0.05) is 0 Å². The van der Waals surface area contributed by atoms with Crippen LogP contribution in [0.4, 0.5) is 8.78 Å². The van der Waals surface area contributed by atoms with Crippen LogP contribution in [0.1, 0.15) is 10.4 Å². The highest BCUT2D eigenvalue weighted by Crippen LogP contribution is 2.30. The second kappa shape index (κ2) is 6.83. The van der Waals surface area contributed by atoms with Gasteiger partial charge in [0.25, 0.3) is 5.91 Å². The highest BCUT2D eigenvalue weighted by atomic mass is 32.2. The molecule has 1 amide bonds. The Bertz CT molecular complexity index is 866. The summed E-state index contributed by atoms with van der Waals surface area (Å²) < 4.78 is 61.1. The van der Waals surface area contributed by atoms with E-state index >= 15 is 0 Å². The van der Waals surface area contributed by atoms with Crippen molar-refractivity contribution < 1.29 is 31.5 Å². The average Bonchev–Trinajstić information content (AvgIpc) is 2.51. The summed E-state index contributed by atoms with van der Waals surface area (Å²) in [6.07, 6.45) is 0.851. The monoisotopic (exact) mass is 357 g/mol. The number of ether oxygens (including phenoxy) is 2. The summed E-state index contributed by atoms with van der Waals surface area (Å²) in [6.45, 7) is 0. The number of rotatable bonds is 5. The van der Waals surface area contributed by atoms with Crippen molar-refractivity contribution in [3.05, 3.63) is 53.6 Å². The van der Waals surface area contributed by atoms with Crippen molar-refractivity contribution in [3.63, 3.8) is 0 Å². The first-order valence-electron chi connectivity index (χ1n) is 6.53. The SMILES string of the molecule is COc1ccc(Oc2ccc(C(=O)NS(C)(=O)=O)cc2)c(F)c1F. The molecule has 24 heavy (non-hydrogen) atoms. The van der Waals surface area contributed by atoms with Crippen LogP contribution >= 0.6 is 0 Å². The quantitative estimate of drug-likeness (QED) is 0.889. The predicted molar refractivity (Wildman–Crippen MR) is 81.7 cm³/mol. The largest absolute Gasteiger partial charge is 0.494 e. The maximum Gasteiger partial charge on any atom is 0.264 e. The van der Waals surface area contributed by atoms with E-state index in [0.29, 0.717) is 0 Å². The molecule has 0 unspecified atom stereocenters. The molecule has 0 aliphatic rings. The van der Waals surface area contributed by atoms with Gasteiger partial charge < -0.3 is 9.47 Å². The number of methoxy groups -OCH3 is 1. The average molecular weight is 357 g/mol. The van der Waals surface area contributed by atoms with E-state index < -0.39 is 27.6 Å². The maximum atomic E-state index is 13.8. The summed E-state index contributed by atoms with van der Waals surface area (Å²) in [6, 6.07) is 7.61. The van der Waals surface area contributed by atoms with Crippen LogP contribution in [-0.4, -0.2) is 27.7 Å². The molecule has 0 saturated carbocycles. The van der Waals surface area contributed by atoms with Crippen LogP contribution in [0.5, 0.6) is 17.2 Å². The van der Waals surface area contributed by atoms with Crippen LogP contribution in [0.3, 0.4) is 0 Å². The lowest BCUT2D eigenvalue weighted by Crippen LogP contribution is -2.29. The Labute approximate surface area is 137 Å². The molecule has 128 valence electrons. The van der Waals surface area contributed by atoms with E-state index in [4.69, 9.17) is 4.74 Å². The van der Waals surface area contributed by atoms with Crippen molar-refractivity contribution in [3.8, 4) is 17.2 Å². The number of carbonyl (C=O) groups excluding carboxylic acids is 1. The predicted octanol–water partition coefficient (Wildman–Crippen LogP) is 2.46. The number of nitrogens with one attached hydrogen (secondary N) is 1. The molecular weight excluding hydrogens is 344 g/mol. The van der Waals surface area contributed by atoms with Crippen LogP contribution in [0.25, 0.3) is 0 Å². The van der Waals surface area contributed by atoms with Gasteiger partial charge in [0.15, 0.2) is 11.5 Å². The van der Waals surface area contributed by atoms with Crippen LogP contribution in [0.15, 0.2) is 36.4 Å². The zero-order valence-electron chi connectivity index (χ0n) is 12.7. The van der Waals surface area contributed by atoms with Crippen LogP contribution in [-0.2, 0) is 10.0 Å². The van der Waals surface area contributed by atoms with E-state index in [0.717, 1.165) is 6.26 Å². The topological polar surface area (TPSA) is 81.7 Å². The van der Waals surface area contributed by atoms with Gasteiger partial charge in [0.2, 0.25) is 21.7 Å². The zero-order chi connectivity index (χ0) is 17.9. The molecule has 0 saturated heterocycles. The van der Waals surface area contributed by atoms with Gasteiger partial charge in [0.05, 0.1) is 13.4 Å². The number of amides is 1. The fraction of sp³-hybridized carbons (Fsp3) is 0.133. The van der Waals surface area contributed by atoms with Gasteiger partial charge in [-0.15, -0.1) is 0 Å². The van der Waals surface area contributed by atoms with Gasteiger partial charge >= 0.3 is 0 Å². The molecule has 0 radical (unpaired) electrons. The normalized spacial score (nSPS) is 11.0. The molecule has 2 rings (SSSR count). The third kappa shape index (κ3) is 4.19. The molecule has 0 aromatic heterocycles. The third-order valence-corrected chi connectivity index (χ3v) is 3.41. The van der Waals surface area contributed by atoms with Crippen LogP contribution < -0.4 is 14.2 Å². The highest BCUT2D eigenvalue weighted by Gasteiger charge is 2.16. The van der Waals surface area contributed by atoms with Crippen molar-refractivity contribution in [2.24, 2.45) is 0 Å². The molecule has 1 N–H and O–H groups in total. The van der Waals surface area contributed by atoms with E-state index in [1.807, 2.05) is 0 Å². The number of carbonyl (C=O) groups is 1. The van der Waals surface area contributed by atoms with E-state index in [1.165, 1.54) is 43.5 Å². The zero-order valence-corrected chi connectivity index (χ0v) is 13.5. The molecule has 0 fully saturated rings. The minimum absolute atomic E-state index is 0.0640. The van der Waals surface area contributed by atoms with Crippen molar-refractivity contribution in [2.75, 3.05) is 13.4 Å². The minimum Gasteiger partial charge on any atom is -0.494 e. The Balaban J connectivity index is 2.18. The smallest absolute Gasteiger partial charge is 0.264 e. The Morgan fingerprint density at radius 3 is 2.08 bits per heavy atom. The first kappa shape index (κ1) is 17.7. The Morgan fingerprint density at radius 1 is 1.00 bits per heavy atom. The molecule has 0 bridgehead atoms. The van der Waals surface area contributed by atoms with E-state index in [2.05, 4.69) is 4.74 Å². The number of benzene rings is 2. The lowest BCUT2D eigenvalue weighted by Gasteiger charge is -2.10. The van der Waals surface area contributed by atoms with E-state index in [9.17, 15) is 22.0 Å². The molecule has 2 aromatic carbocycles. The fourth-order valence-corrected chi connectivity index (χ4v) is 2.23. The Hall–Kier alpha value is -2.68. The summed E-state index contributed by atoms with van der Waals surface area (Å²) in [5.41, 5.74) is 0.0640. The van der Waals surface area contributed by atoms with Gasteiger partial charge in [-0.25, -0.2) is 13.1 Å². The van der Waals surface area contributed by atoms with Gasteiger partial charge in [-0.2, -0.15) is 8.78 Å². The lowest BCUT2D eigenvalue weighted by atomic mass is 10.2. The van der Waals surface area contributed by atoms with Crippen molar-refractivity contribution in [1.29, 1.82) is 0 Å². The summed E-state index contributed by atoms with van der Waals surface area (Å²) in [5, 5.41) is 0. The molecule has 2 aromatic rings. The second-order valence-electron chi connectivity index (χ2n) is 4.72. The Kier molecular flexibility index (Phi) is 5.03. The summed E-state index contributed by atoms with van der Waals surface area (Å²) in [4.78, 5) is 11.6.